The molecule has 1 heterocycles. The van der Waals surface area contributed by atoms with Gasteiger partial charge in [-0.25, -0.2) is 0 Å². The average Bonchev–Trinajstić information content (AvgIpc) is 2.54. The zero-order valence-electron chi connectivity index (χ0n) is 8.19. The van der Waals surface area contributed by atoms with Gasteiger partial charge in [0, 0.05) is 21.1 Å². The van der Waals surface area contributed by atoms with E-state index in [0.717, 1.165) is 0 Å². The standard InChI is InChI=1S/C8H12ClN3O2/c1-10-5-4(6(9)13)7(11-2)14-8(5)12-3/h10-12H,1-3H3. The maximum atomic E-state index is 11.1. The normalized spacial score (nSPS) is 9.71. The first-order chi connectivity index (χ1) is 6.65. The first kappa shape index (κ1) is 10.7. The Morgan fingerprint density at radius 1 is 1.14 bits per heavy atom. The maximum Gasteiger partial charge on any atom is 0.260 e. The first-order valence-electron chi connectivity index (χ1n) is 4.05. The summed E-state index contributed by atoms with van der Waals surface area (Å²) in [6.45, 7) is 0. The third-order valence-corrected chi connectivity index (χ3v) is 2.00. The van der Waals surface area contributed by atoms with E-state index < -0.39 is 5.24 Å². The van der Waals surface area contributed by atoms with Gasteiger partial charge in [-0.2, -0.15) is 0 Å². The number of furan rings is 1. The van der Waals surface area contributed by atoms with E-state index in [4.69, 9.17) is 16.0 Å². The Labute approximate surface area is 86.8 Å². The van der Waals surface area contributed by atoms with Crippen LogP contribution in [0.25, 0.3) is 0 Å². The molecule has 0 bridgehead atoms. The fraction of sp³-hybridized carbons (Fsp3) is 0.375. The molecule has 0 aromatic carbocycles. The second kappa shape index (κ2) is 4.23. The SMILES string of the molecule is CNc1oc(NC)c(C(=O)Cl)c1NC. The van der Waals surface area contributed by atoms with E-state index >= 15 is 0 Å². The molecule has 78 valence electrons. The molecule has 0 aliphatic carbocycles. The lowest BCUT2D eigenvalue weighted by Gasteiger charge is -2.00. The van der Waals surface area contributed by atoms with Crippen LogP contribution in [-0.2, 0) is 0 Å². The minimum atomic E-state index is -0.566. The molecule has 1 aromatic rings. The fourth-order valence-corrected chi connectivity index (χ4v) is 1.39. The summed E-state index contributed by atoms with van der Waals surface area (Å²) in [7, 11) is 5.04. The second-order valence-electron chi connectivity index (χ2n) is 2.53. The molecule has 0 fully saturated rings. The fourth-order valence-electron chi connectivity index (χ4n) is 1.21. The molecule has 5 nitrogen and oxygen atoms in total. The van der Waals surface area contributed by atoms with Gasteiger partial charge in [-0.3, -0.25) is 4.79 Å². The molecule has 1 rings (SSSR count). The van der Waals surface area contributed by atoms with Crippen LogP contribution < -0.4 is 16.0 Å². The van der Waals surface area contributed by atoms with Crippen molar-refractivity contribution in [1.29, 1.82) is 0 Å². The molecular formula is C8H12ClN3O2. The minimum absolute atomic E-state index is 0.306. The van der Waals surface area contributed by atoms with Gasteiger partial charge in [0.2, 0.25) is 11.8 Å². The summed E-state index contributed by atoms with van der Waals surface area (Å²) in [6.07, 6.45) is 0. The van der Waals surface area contributed by atoms with E-state index in [1.54, 1.807) is 21.1 Å². The second-order valence-corrected chi connectivity index (χ2v) is 2.88. The summed E-state index contributed by atoms with van der Waals surface area (Å²) >= 11 is 5.43. The van der Waals surface area contributed by atoms with Crippen LogP contribution in [-0.4, -0.2) is 26.4 Å². The number of carbonyl (C=O) groups excluding carboxylic acids is 1. The van der Waals surface area contributed by atoms with Gasteiger partial charge in [-0.15, -0.1) is 0 Å². The average molecular weight is 218 g/mol. The molecular weight excluding hydrogens is 206 g/mol. The molecule has 0 unspecified atom stereocenters. The van der Waals surface area contributed by atoms with Crippen LogP contribution in [0.2, 0.25) is 0 Å². The predicted molar refractivity (Wildman–Crippen MR) is 57.5 cm³/mol. The van der Waals surface area contributed by atoms with Crippen LogP contribution in [0.3, 0.4) is 0 Å². The highest BCUT2D eigenvalue weighted by Crippen LogP contribution is 2.36. The van der Waals surface area contributed by atoms with Crippen molar-refractivity contribution >= 4 is 34.3 Å². The van der Waals surface area contributed by atoms with Crippen molar-refractivity contribution in [2.75, 3.05) is 37.1 Å². The number of rotatable bonds is 4. The highest BCUT2D eigenvalue weighted by molar-refractivity contribution is 6.69. The molecule has 1 aromatic heterocycles. The largest absolute Gasteiger partial charge is 0.422 e. The van der Waals surface area contributed by atoms with Crippen LogP contribution in [0.1, 0.15) is 10.4 Å². The van der Waals surface area contributed by atoms with Crippen LogP contribution in [0.5, 0.6) is 0 Å². The molecule has 0 aliphatic heterocycles. The molecule has 0 saturated heterocycles. The molecule has 0 amide bonds. The van der Waals surface area contributed by atoms with Crippen molar-refractivity contribution in [1.82, 2.24) is 0 Å². The molecule has 0 saturated carbocycles. The Hall–Kier alpha value is -1.36. The van der Waals surface area contributed by atoms with Crippen molar-refractivity contribution in [3.8, 4) is 0 Å². The van der Waals surface area contributed by atoms with Gasteiger partial charge in [0.05, 0.1) is 0 Å². The number of halogens is 1. The Bertz CT molecular complexity index is 349. The quantitative estimate of drug-likeness (QED) is 0.671. The lowest BCUT2D eigenvalue weighted by atomic mass is 10.3. The van der Waals surface area contributed by atoms with Crippen molar-refractivity contribution in [2.45, 2.75) is 0 Å². The molecule has 0 aliphatic rings. The highest BCUT2D eigenvalue weighted by atomic mass is 35.5. The molecule has 6 heteroatoms. The van der Waals surface area contributed by atoms with Gasteiger partial charge >= 0.3 is 0 Å². The molecule has 0 atom stereocenters. The third-order valence-electron chi connectivity index (χ3n) is 1.81. The van der Waals surface area contributed by atoms with E-state index in [1.807, 2.05) is 0 Å². The van der Waals surface area contributed by atoms with Crippen molar-refractivity contribution < 1.29 is 9.21 Å². The molecule has 0 spiro atoms. The van der Waals surface area contributed by atoms with Crippen LogP contribution in [0, 0.1) is 0 Å². The highest BCUT2D eigenvalue weighted by Gasteiger charge is 2.22. The number of nitrogens with one attached hydrogen (secondary N) is 3. The lowest BCUT2D eigenvalue weighted by Crippen LogP contribution is -2.00. The Kier molecular flexibility index (Phi) is 3.24. The number of carbonyl (C=O) groups is 1. The van der Waals surface area contributed by atoms with E-state index in [0.29, 0.717) is 23.0 Å². The summed E-state index contributed by atoms with van der Waals surface area (Å²) in [6, 6.07) is 0. The summed E-state index contributed by atoms with van der Waals surface area (Å²) < 4.78 is 5.31. The lowest BCUT2D eigenvalue weighted by molar-refractivity contribution is 0.108. The van der Waals surface area contributed by atoms with Gasteiger partial charge in [-0.05, 0) is 11.6 Å². The molecule has 3 N–H and O–H groups in total. The minimum Gasteiger partial charge on any atom is -0.422 e. The van der Waals surface area contributed by atoms with Crippen molar-refractivity contribution in [3.05, 3.63) is 5.56 Å². The predicted octanol–water partition coefficient (Wildman–Crippen LogP) is 1.78. The Morgan fingerprint density at radius 2 is 1.71 bits per heavy atom. The number of hydrogen-bond acceptors (Lipinski definition) is 5. The zero-order valence-corrected chi connectivity index (χ0v) is 8.95. The summed E-state index contributed by atoms with van der Waals surface area (Å²) in [5.74, 6) is 0.819. The van der Waals surface area contributed by atoms with Crippen LogP contribution in [0.4, 0.5) is 17.5 Å². The summed E-state index contributed by atoms with van der Waals surface area (Å²) in [5.41, 5.74) is 0.859. The Morgan fingerprint density at radius 3 is 2.07 bits per heavy atom. The van der Waals surface area contributed by atoms with Gasteiger partial charge in [0.1, 0.15) is 11.3 Å². The molecule has 0 radical (unpaired) electrons. The van der Waals surface area contributed by atoms with Crippen LogP contribution in [0.15, 0.2) is 4.42 Å². The first-order valence-corrected chi connectivity index (χ1v) is 4.43. The van der Waals surface area contributed by atoms with Gasteiger partial charge in [-0.1, -0.05) is 0 Å². The van der Waals surface area contributed by atoms with E-state index in [-0.39, 0.29) is 0 Å². The van der Waals surface area contributed by atoms with Gasteiger partial charge < -0.3 is 20.4 Å². The zero-order chi connectivity index (χ0) is 10.7. The van der Waals surface area contributed by atoms with Gasteiger partial charge in [0.25, 0.3) is 5.24 Å². The Balaban J connectivity index is 3.33. The van der Waals surface area contributed by atoms with E-state index in [1.165, 1.54) is 0 Å². The van der Waals surface area contributed by atoms with E-state index in [9.17, 15) is 4.79 Å². The van der Waals surface area contributed by atoms with Crippen molar-refractivity contribution in [3.63, 3.8) is 0 Å². The van der Waals surface area contributed by atoms with Gasteiger partial charge in [0.15, 0.2) is 0 Å². The van der Waals surface area contributed by atoms with E-state index in [2.05, 4.69) is 16.0 Å². The summed E-state index contributed by atoms with van der Waals surface area (Å²) in [5, 5.41) is 7.85. The number of anilines is 3. The summed E-state index contributed by atoms with van der Waals surface area (Å²) in [4.78, 5) is 11.1. The molecule has 14 heavy (non-hydrogen) atoms. The topological polar surface area (TPSA) is 66.3 Å². The smallest absolute Gasteiger partial charge is 0.260 e. The van der Waals surface area contributed by atoms with Crippen molar-refractivity contribution in [2.24, 2.45) is 0 Å². The monoisotopic (exact) mass is 217 g/mol. The van der Waals surface area contributed by atoms with Crippen LogP contribution >= 0.6 is 11.6 Å². The number of hydrogen-bond donors (Lipinski definition) is 3. The maximum absolute atomic E-state index is 11.1. The third kappa shape index (κ3) is 1.63.